The van der Waals surface area contributed by atoms with Crippen LogP contribution in [0.15, 0.2) is 0 Å². The third kappa shape index (κ3) is 6.36. The number of nitrogens with one attached hydrogen (secondary N) is 1. The molecule has 1 fully saturated rings. The molecule has 1 aliphatic carbocycles. The Bertz CT molecular complexity index is 248. The molecule has 0 aromatic heterocycles. The highest BCUT2D eigenvalue weighted by Gasteiger charge is 2.31. The molecule has 1 saturated carbocycles. The third-order valence-corrected chi connectivity index (χ3v) is 3.35. The summed E-state index contributed by atoms with van der Waals surface area (Å²) in [5, 5.41) is 2.92. The number of hydrogen-bond donors (Lipinski definition) is 2. The van der Waals surface area contributed by atoms with E-state index in [1.54, 1.807) is 0 Å². The zero-order valence-electron chi connectivity index (χ0n) is 11.8. The smallest absolute Gasteiger partial charge is 0.221 e. The highest BCUT2D eigenvalue weighted by Crippen LogP contribution is 2.29. The zero-order chi connectivity index (χ0) is 13.4. The number of nitrogens with two attached hydrogens (primary N) is 1. The average molecular weight is 256 g/mol. The summed E-state index contributed by atoms with van der Waals surface area (Å²) in [6, 6.07) is 0. The Hall–Kier alpha value is -0.610. The van der Waals surface area contributed by atoms with Crippen molar-refractivity contribution in [2.75, 3.05) is 19.8 Å². The van der Waals surface area contributed by atoms with Crippen LogP contribution in [0, 0.1) is 5.92 Å². The van der Waals surface area contributed by atoms with Crippen LogP contribution in [0.2, 0.25) is 0 Å². The Morgan fingerprint density at radius 1 is 1.39 bits per heavy atom. The number of carbonyl (C=O) groups is 1. The number of rotatable bonds is 8. The number of amides is 1. The van der Waals surface area contributed by atoms with Gasteiger partial charge in [-0.25, -0.2) is 0 Å². The molecule has 106 valence electrons. The van der Waals surface area contributed by atoms with Gasteiger partial charge in [-0.1, -0.05) is 26.7 Å². The van der Waals surface area contributed by atoms with Crippen molar-refractivity contribution in [1.29, 1.82) is 0 Å². The minimum atomic E-state index is -0.238. The molecule has 1 aliphatic rings. The van der Waals surface area contributed by atoms with Gasteiger partial charge in [0, 0.05) is 31.7 Å². The van der Waals surface area contributed by atoms with E-state index < -0.39 is 0 Å². The summed E-state index contributed by atoms with van der Waals surface area (Å²) >= 11 is 0. The largest absolute Gasteiger partial charge is 0.381 e. The maximum Gasteiger partial charge on any atom is 0.221 e. The average Bonchev–Trinajstić information content (AvgIpc) is 2.69. The van der Waals surface area contributed by atoms with Gasteiger partial charge < -0.3 is 15.8 Å². The van der Waals surface area contributed by atoms with Gasteiger partial charge in [-0.2, -0.15) is 0 Å². The monoisotopic (exact) mass is 256 g/mol. The number of ether oxygens (including phenoxy) is 1. The van der Waals surface area contributed by atoms with E-state index in [1.165, 1.54) is 0 Å². The van der Waals surface area contributed by atoms with Crippen molar-refractivity contribution in [3.05, 3.63) is 0 Å². The van der Waals surface area contributed by atoms with E-state index in [-0.39, 0.29) is 11.4 Å². The van der Waals surface area contributed by atoms with Crippen molar-refractivity contribution in [3.63, 3.8) is 0 Å². The first-order chi connectivity index (χ1) is 8.52. The van der Waals surface area contributed by atoms with E-state index >= 15 is 0 Å². The molecule has 0 aliphatic heterocycles. The summed E-state index contributed by atoms with van der Waals surface area (Å²) in [7, 11) is 0. The summed E-state index contributed by atoms with van der Waals surface area (Å²) in [4.78, 5) is 11.7. The fourth-order valence-corrected chi connectivity index (χ4v) is 2.36. The molecule has 4 nitrogen and oxygen atoms in total. The minimum absolute atomic E-state index is 0.0864. The molecule has 0 aromatic carbocycles. The summed E-state index contributed by atoms with van der Waals surface area (Å²) < 4.78 is 5.45. The summed E-state index contributed by atoms with van der Waals surface area (Å²) in [5.74, 6) is 0.655. The van der Waals surface area contributed by atoms with Crippen molar-refractivity contribution in [3.8, 4) is 0 Å². The van der Waals surface area contributed by atoms with Gasteiger partial charge in [-0.05, 0) is 25.2 Å². The first kappa shape index (κ1) is 15.4. The van der Waals surface area contributed by atoms with Gasteiger partial charge in [0.2, 0.25) is 5.91 Å². The number of carbonyl (C=O) groups excluding carboxylic acids is 1. The van der Waals surface area contributed by atoms with Crippen molar-refractivity contribution >= 4 is 5.91 Å². The first-order valence-corrected chi connectivity index (χ1v) is 7.15. The number of hydrogen-bond acceptors (Lipinski definition) is 3. The molecule has 0 saturated heterocycles. The van der Waals surface area contributed by atoms with E-state index in [2.05, 4.69) is 19.2 Å². The molecule has 4 heteroatoms. The minimum Gasteiger partial charge on any atom is -0.381 e. The molecule has 0 unspecified atom stereocenters. The van der Waals surface area contributed by atoms with Gasteiger partial charge in [0.15, 0.2) is 0 Å². The molecule has 0 atom stereocenters. The lowest BCUT2D eigenvalue weighted by molar-refractivity contribution is -0.122. The summed E-state index contributed by atoms with van der Waals surface area (Å²) in [6.45, 7) is 6.45. The van der Waals surface area contributed by atoms with Crippen LogP contribution in [0.5, 0.6) is 0 Å². The quantitative estimate of drug-likeness (QED) is 0.651. The second-order valence-corrected chi connectivity index (χ2v) is 5.92. The maximum absolute atomic E-state index is 11.7. The predicted molar refractivity (Wildman–Crippen MR) is 73.3 cm³/mol. The summed E-state index contributed by atoms with van der Waals surface area (Å²) in [5.41, 5.74) is 5.92. The highest BCUT2D eigenvalue weighted by atomic mass is 16.5. The second-order valence-electron chi connectivity index (χ2n) is 5.92. The van der Waals surface area contributed by atoms with Gasteiger partial charge in [0.05, 0.1) is 0 Å². The Balaban J connectivity index is 2.00. The SMILES string of the molecule is CC(C)COCCCNC(=O)CC1(N)CCCC1. The normalized spacial score (nSPS) is 18.2. The standard InChI is InChI=1S/C14H28N2O2/c1-12(2)11-18-9-5-8-16-13(17)10-14(15)6-3-4-7-14/h12H,3-11,15H2,1-2H3,(H,16,17). The lowest BCUT2D eigenvalue weighted by Gasteiger charge is -2.22. The highest BCUT2D eigenvalue weighted by molar-refractivity contribution is 5.77. The van der Waals surface area contributed by atoms with E-state index in [0.29, 0.717) is 25.5 Å². The Morgan fingerprint density at radius 2 is 2.06 bits per heavy atom. The fourth-order valence-electron chi connectivity index (χ4n) is 2.36. The Morgan fingerprint density at radius 3 is 2.67 bits per heavy atom. The van der Waals surface area contributed by atoms with Gasteiger partial charge >= 0.3 is 0 Å². The molecule has 1 amide bonds. The molecule has 1 rings (SSSR count). The second kappa shape index (κ2) is 7.74. The summed E-state index contributed by atoms with van der Waals surface area (Å²) in [6.07, 6.45) is 5.63. The van der Waals surface area contributed by atoms with E-state index in [1.807, 2.05) is 0 Å². The van der Waals surface area contributed by atoms with Crippen molar-refractivity contribution < 1.29 is 9.53 Å². The molecule has 0 aromatic rings. The zero-order valence-corrected chi connectivity index (χ0v) is 11.8. The van der Waals surface area contributed by atoms with Crippen LogP contribution in [0.25, 0.3) is 0 Å². The molecular formula is C14H28N2O2. The maximum atomic E-state index is 11.7. The molecule has 0 spiro atoms. The molecule has 3 N–H and O–H groups in total. The lowest BCUT2D eigenvalue weighted by Crippen LogP contribution is -2.42. The molecule has 0 heterocycles. The van der Waals surface area contributed by atoms with Crippen LogP contribution >= 0.6 is 0 Å². The molecular weight excluding hydrogens is 228 g/mol. The Kier molecular flexibility index (Phi) is 6.65. The van der Waals surface area contributed by atoms with Crippen LogP contribution in [0.3, 0.4) is 0 Å². The van der Waals surface area contributed by atoms with Gasteiger partial charge in [-0.3, -0.25) is 4.79 Å². The van der Waals surface area contributed by atoms with Crippen molar-refractivity contribution in [1.82, 2.24) is 5.32 Å². The van der Waals surface area contributed by atoms with Crippen LogP contribution < -0.4 is 11.1 Å². The van der Waals surface area contributed by atoms with Crippen molar-refractivity contribution in [2.45, 2.75) is 57.9 Å². The van der Waals surface area contributed by atoms with E-state index in [4.69, 9.17) is 10.5 Å². The van der Waals surface area contributed by atoms with Gasteiger partial charge in [0.25, 0.3) is 0 Å². The fraction of sp³-hybridized carbons (Fsp3) is 0.929. The third-order valence-electron chi connectivity index (χ3n) is 3.35. The topological polar surface area (TPSA) is 64.3 Å². The lowest BCUT2D eigenvalue weighted by atomic mass is 9.94. The van der Waals surface area contributed by atoms with E-state index in [9.17, 15) is 4.79 Å². The van der Waals surface area contributed by atoms with Gasteiger partial charge in [-0.15, -0.1) is 0 Å². The molecule has 0 bridgehead atoms. The van der Waals surface area contributed by atoms with Crippen LogP contribution in [0.1, 0.15) is 52.4 Å². The van der Waals surface area contributed by atoms with E-state index in [0.717, 1.165) is 38.7 Å². The first-order valence-electron chi connectivity index (χ1n) is 7.15. The Labute approximate surface area is 111 Å². The van der Waals surface area contributed by atoms with Crippen molar-refractivity contribution in [2.24, 2.45) is 11.7 Å². The van der Waals surface area contributed by atoms with Gasteiger partial charge in [0.1, 0.15) is 0 Å². The van der Waals surface area contributed by atoms with Crippen LogP contribution in [0.4, 0.5) is 0 Å². The van der Waals surface area contributed by atoms with Crippen LogP contribution in [-0.2, 0) is 9.53 Å². The predicted octanol–water partition coefficient (Wildman–Crippen LogP) is 1.83. The molecule has 0 radical (unpaired) electrons. The van der Waals surface area contributed by atoms with Crippen LogP contribution in [-0.4, -0.2) is 31.2 Å². The molecule has 18 heavy (non-hydrogen) atoms.